The van der Waals surface area contributed by atoms with Crippen LogP contribution >= 0.6 is 0 Å². The first-order valence-electron chi connectivity index (χ1n) is 5.04. The van der Waals surface area contributed by atoms with Gasteiger partial charge in [-0.15, -0.1) is 0 Å². The van der Waals surface area contributed by atoms with Gasteiger partial charge < -0.3 is 14.9 Å². The van der Waals surface area contributed by atoms with Gasteiger partial charge in [0.15, 0.2) is 0 Å². The molecule has 0 aromatic carbocycles. The molecule has 0 saturated heterocycles. The average Bonchev–Trinajstić information content (AvgIpc) is 2.11. The minimum absolute atomic E-state index is 0.170. The molecule has 0 rings (SSSR count). The van der Waals surface area contributed by atoms with Crippen molar-refractivity contribution in [1.29, 1.82) is 0 Å². The van der Waals surface area contributed by atoms with Crippen molar-refractivity contribution in [2.45, 2.75) is 65.0 Å². The predicted molar refractivity (Wildman–Crippen MR) is 52.6 cm³/mol. The third-order valence-electron chi connectivity index (χ3n) is 2.29. The molecule has 13 heavy (non-hydrogen) atoms. The lowest BCUT2D eigenvalue weighted by atomic mass is 10.1. The van der Waals surface area contributed by atoms with Crippen molar-refractivity contribution in [1.82, 2.24) is 0 Å². The minimum Gasteiger partial charge on any atom is -0.391 e. The summed E-state index contributed by atoms with van der Waals surface area (Å²) in [6.07, 6.45) is 0.153. The Balaban J connectivity index is 3.93. The molecule has 3 nitrogen and oxygen atoms in total. The maximum absolute atomic E-state index is 9.45. The highest BCUT2D eigenvalue weighted by Crippen LogP contribution is 2.11. The van der Waals surface area contributed by atoms with Gasteiger partial charge in [0, 0.05) is 0 Å². The van der Waals surface area contributed by atoms with Crippen LogP contribution in [0, 0.1) is 0 Å². The molecule has 0 saturated carbocycles. The largest absolute Gasteiger partial charge is 0.391 e. The number of aliphatic hydroxyl groups is 2. The van der Waals surface area contributed by atoms with E-state index in [-0.39, 0.29) is 12.2 Å². The second kappa shape index (κ2) is 6.35. The van der Waals surface area contributed by atoms with Crippen molar-refractivity contribution < 1.29 is 14.9 Å². The van der Waals surface area contributed by atoms with Gasteiger partial charge in [0.1, 0.15) is 0 Å². The molecule has 0 amide bonds. The first-order valence-corrected chi connectivity index (χ1v) is 5.04. The molecule has 0 fully saturated rings. The van der Waals surface area contributed by atoms with Crippen LogP contribution in [0.3, 0.4) is 0 Å². The molecular formula is C10H22O3. The van der Waals surface area contributed by atoms with Crippen LogP contribution in [0.2, 0.25) is 0 Å². The van der Waals surface area contributed by atoms with Crippen molar-refractivity contribution in [2.24, 2.45) is 0 Å². The van der Waals surface area contributed by atoms with Crippen molar-refractivity contribution >= 4 is 0 Å². The molecule has 0 bridgehead atoms. The molecule has 0 heterocycles. The summed E-state index contributed by atoms with van der Waals surface area (Å²) in [5.41, 5.74) is 0. The molecule has 4 atom stereocenters. The number of aliphatic hydroxyl groups excluding tert-OH is 2. The normalized spacial score (nSPS) is 20.8. The molecule has 0 aromatic rings. The van der Waals surface area contributed by atoms with Crippen LogP contribution in [-0.2, 0) is 4.74 Å². The number of ether oxygens (including phenoxy) is 1. The number of rotatable bonds is 6. The molecule has 2 N–H and O–H groups in total. The number of hydrogen-bond donors (Lipinski definition) is 2. The Kier molecular flexibility index (Phi) is 6.29. The van der Waals surface area contributed by atoms with Crippen LogP contribution in [-0.4, -0.2) is 34.6 Å². The molecule has 0 aliphatic carbocycles. The highest BCUT2D eigenvalue weighted by Gasteiger charge is 2.20. The molecule has 0 spiro atoms. The lowest BCUT2D eigenvalue weighted by Gasteiger charge is -2.26. The Morgan fingerprint density at radius 3 is 1.92 bits per heavy atom. The molecule has 0 radical (unpaired) electrons. The highest BCUT2D eigenvalue weighted by molar-refractivity contribution is 4.68. The standard InChI is InChI=1S/C10H22O3/c1-5-9(12)8(4)13-10(6-2)7(3)11/h7-12H,5-6H2,1-4H3. The summed E-state index contributed by atoms with van der Waals surface area (Å²) >= 11 is 0. The van der Waals surface area contributed by atoms with Gasteiger partial charge in [0.05, 0.1) is 24.4 Å². The zero-order chi connectivity index (χ0) is 10.4. The smallest absolute Gasteiger partial charge is 0.0833 e. The van der Waals surface area contributed by atoms with E-state index in [1.54, 1.807) is 6.92 Å². The van der Waals surface area contributed by atoms with Gasteiger partial charge >= 0.3 is 0 Å². The Labute approximate surface area is 80.7 Å². The number of hydrogen-bond acceptors (Lipinski definition) is 3. The zero-order valence-electron chi connectivity index (χ0n) is 9.03. The SMILES string of the molecule is CCC(O)C(C)OC(CC)C(C)O. The van der Waals surface area contributed by atoms with Crippen molar-refractivity contribution in [3.63, 3.8) is 0 Å². The van der Waals surface area contributed by atoms with Crippen LogP contribution < -0.4 is 0 Å². The van der Waals surface area contributed by atoms with Crippen molar-refractivity contribution in [3.8, 4) is 0 Å². The molecule has 3 heteroatoms. The maximum Gasteiger partial charge on any atom is 0.0833 e. The van der Waals surface area contributed by atoms with Gasteiger partial charge in [0.2, 0.25) is 0 Å². The Morgan fingerprint density at radius 2 is 1.62 bits per heavy atom. The van der Waals surface area contributed by atoms with Gasteiger partial charge in [-0.2, -0.15) is 0 Å². The monoisotopic (exact) mass is 190 g/mol. The van der Waals surface area contributed by atoms with Crippen LogP contribution in [0.25, 0.3) is 0 Å². The van der Waals surface area contributed by atoms with E-state index in [0.29, 0.717) is 6.42 Å². The molecule has 0 aliphatic rings. The molecule has 4 unspecified atom stereocenters. The quantitative estimate of drug-likeness (QED) is 0.664. The summed E-state index contributed by atoms with van der Waals surface area (Å²) in [5, 5.41) is 18.8. The van der Waals surface area contributed by atoms with E-state index in [1.165, 1.54) is 0 Å². The summed E-state index contributed by atoms with van der Waals surface area (Å²) in [6, 6.07) is 0. The van der Waals surface area contributed by atoms with Crippen LogP contribution in [0.4, 0.5) is 0 Å². The lowest BCUT2D eigenvalue weighted by Crippen LogP contribution is -2.35. The Bertz CT molecular complexity index is 125. The van der Waals surface area contributed by atoms with Gasteiger partial charge in [-0.1, -0.05) is 13.8 Å². The molecule has 80 valence electrons. The van der Waals surface area contributed by atoms with Gasteiger partial charge in [-0.3, -0.25) is 0 Å². The maximum atomic E-state index is 9.45. The Hall–Kier alpha value is -0.120. The van der Waals surface area contributed by atoms with Crippen LogP contribution in [0.15, 0.2) is 0 Å². The molecule has 0 aromatic heterocycles. The third kappa shape index (κ3) is 4.60. The van der Waals surface area contributed by atoms with Gasteiger partial charge in [-0.25, -0.2) is 0 Å². The minimum atomic E-state index is -0.475. The first-order chi connectivity index (χ1) is 6.02. The first kappa shape index (κ1) is 12.9. The van der Waals surface area contributed by atoms with E-state index in [1.807, 2.05) is 20.8 Å². The van der Waals surface area contributed by atoms with E-state index < -0.39 is 12.2 Å². The van der Waals surface area contributed by atoms with Crippen LogP contribution in [0.5, 0.6) is 0 Å². The topological polar surface area (TPSA) is 49.7 Å². The lowest BCUT2D eigenvalue weighted by molar-refractivity contribution is -0.106. The van der Waals surface area contributed by atoms with E-state index >= 15 is 0 Å². The highest BCUT2D eigenvalue weighted by atomic mass is 16.5. The Morgan fingerprint density at radius 1 is 1.08 bits per heavy atom. The van der Waals surface area contributed by atoms with Gasteiger partial charge in [0.25, 0.3) is 0 Å². The summed E-state index contributed by atoms with van der Waals surface area (Å²) in [7, 11) is 0. The van der Waals surface area contributed by atoms with E-state index in [9.17, 15) is 10.2 Å². The summed E-state index contributed by atoms with van der Waals surface area (Å²) < 4.78 is 5.51. The van der Waals surface area contributed by atoms with Crippen molar-refractivity contribution in [2.75, 3.05) is 0 Å². The average molecular weight is 190 g/mol. The zero-order valence-corrected chi connectivity index (χ0v) is 9.03. The van der Waals surface area contributed by atoms with E-state index in [0.717, 1.165) is 6.42 Å². The van der Waals surface area contributed by atoms with E-state index in [4.69, 9.17) is 4.74 Å². The summed E-state index contributed by atoms with van der Waals surface area (Å²) in [4.78, 5) is 0. The molecule has 0 aliphatic heterocycles. The fourth-order valence-corrected chi connectivity index (χ4v) is 1.25. The summed E-state index contributed by atoms with van der Waals surface area (Å²) in [6.45, 7) is 7.41. The van der Waals surface area contributed by atoms with E-state index in [2.05, 4.69) is 0 Å². The fourth-order valence-electron chi connectivity index (χ4n) is 1.25. The van der Waals surface area contributed by atoms with Gasteiger partial charge in [-0.05, 0) is 26.7 Å². The van der Waals surface area contributed by atoms with Crippen LogP contribution in [0.1, 0.15) is 40.5 Å². The fraction of sp³-hybridized carbons (Fsp3) is 1.00. The van der Waals surface area contributed by atoms with Crippen molar-refractivity contribution in [3.05, 3.63) is 0 Å². The predicted octanol–water partition coefficient (Wildman–Crippen LogP) is 1.32. The molecular weight excluding hydrogens is 168 g/mol. The second-order valence-electron chi connectivity index (χ2n) is 3.50. The summed E-state index contributed by atoms with van der Waals surface area (Å²) in [5.74, 6) is 0. The second-order valence-corrected chi connectivity index (χ2v) is 3.50. The third-order valence-corrected chi connectivity index (χ3v) is 2.29.